The van der Waals surface area contributed by atoms with Gasteiger partial charge in [-0.2, -0.15) is 0 Å². The number of aliphatic hydroxyl groups is 1. The fourth-order valence-corrected chi connectivity index (χ4v) is 1.11. The molecular formula is C10H16O3. The lowest BCUT2D eigenvalue weighted by Gasteiger charge is -2.12. The number of hydrogen-bond donors (Lipinski definition) is 1. The number of rotatable bonds is 4. The zero-order valence-corrected chi connectivity index (χ0v) is 8.28. The molecule has 1 heterocycles. The Hall–Kier alpha value is -0.800. The molecule has 0 bridgehead atoms. The maximum absolute atomic E-state index is 9.65. The number of furan rings is 1. The summed E-state index contributed by atoms with van der Waals surface area (Å²) in [7, 11) is 0. The van der Waals surface area contributed by atoms with Crippen LogP contribution in [0.5, 0.6) is 0 Å². The molecular weight excluding hydrogens is 168 g/mol. The van der Waals surface area contributed by atoms with Crippen molar-refractivity contribution in [3.8, 4) is 0 Å². The molecule has 0 aliphatic rings. The summed E-state index contributed by atoms with van der Waals surface area (Å²) in [5.41, 5.74) is 0.806. The molecule has 0 aromatic carbocycles. The standard InChI is InChI=1S/C10H16O3/c1-7(2)13-6-10(11)9-4-5-12-8(9)3/h4-5,7,10-11H,6H2,1-3H3. The molecule has 1 atom stereocenters. The van der Waals surface area contributed by atoms with Gasteiger partial charge in [0.1, 0.15) is 11.9 Å². The molecule has 1 aromatic rings. The third kappa shape index (κ3) is 2.86. The van der Waals surface area contributed by atoms with Gasteiger partial charge in [-0.1, -0.05) is 0 Å². The van der Waals surface area contributed by atoms with Crippen LogP contribution in [0.15, 0.2) is 16.7 Å². The predicted molar refractivity (Wildman–Crippen MR) is 49.5 cm³/mol. The highest BCUT2D eigenvalue weighted by atomic mass is 16.5. The maximum atomic E-state index is 9.65. The molecule has 1 rings (SSSR count). The van der Waals surface area contributed by atoms with Crippen molar-refractivity contribution < 1.29 is 14.3 Å². The van der Waals surface area contributed by atoms with Gasteiger partial charge < -0.3 is 14.3 Å². The second-order valence-electron chi connectivity index (χ2n) is 3.33. The Bertz CT molecular complexity index is 252. The molecule has 0 aliphatic heterocycles. The van der Waals surface area contributed by atoms with Crippen LogP contribution in [0.1, 0.15) is 31.3 Å². The Morgan fingerprint density at radius 2 is 2.23 bits per heavy atom. The third-order valence-corrected chi connectivity index (χ3v) is 1.85. The zero-order valence-electron chi connectivity index (χ0n) is 8.28. The minimum absolute atomic E-state index is 0.141. The van der Waals surface area contributed by atoms with Crippen molar-refractivity contribution in [1.82, 2.24) is 0 Å². The Labute approximate surface area is 78.3 Å². The van der Waals surface area contributed by atoms with Crippen LogP contribution < -0.4 is 0 Å². The molecule has 0 fully saturated rings. The normalized spacial score (nSPS) is 13.6. The van der Waals surface area contributed by atoms with Gasteiger partial charge in [0, 0.05) is 5.56 Å². The molecule has 1 unspecified atom stereocenters. The molecule has 13 heavy (non-hydrogen) atoms. The van der Waals surface area contributed by atoms with E-state index >= 15 is 0 Å². The fraction of sp³-hybridized carbons (Fsp3) is 0.600. The van der Waals surface area contributed by atoms with E-state index in [1.165, 1.54) is 0 Å². The molecule has 0 radical (unpaired) electrons. The molecule has 0 spiro atoms. The van der Waals surface area contributed by atoms with Crippen LogP contribution in [-0.4, -0.2) is 17.8 Å². The third-order valence-electron chi connectivity index (χ3n) is 1.85. The summed E-state index contributed by atoms with van der Waals surface area (Å²) in [5.74, 6) is 0.750. The number of hydrogen-bond acceptors (Lipinski definition) is 3. The molecule has 74 valence electrons. The van der Waals surface area contributed by atoms with Crippen LogP contribution in [0.25, 0.3) is 0 Å². The minimum Gasteiger partial charge on any atom is -0.469 e. The molecule has 0 amide bonds. The van der Waals surface area contributed by atoms with Crippen molar-refractivity contribution in [3.63, 3.8) is 0 Å². The molecule has 1 N–H and O–H groups in total. The Morgan fingerprint density at radius 3 is 2.69 bits per heavy atom. The van der Waals surface area contributed by atoms with Crippen molar-refractivity contribution in [1.29, 1.82) is 0 Å². The number of ether oxygens (including phenoxy) is 1. The van der Waals surface area contributed by atoms with Gasteiger partial charge in [0.25, 0.3) is 0 Å². The SMILES string of the molecule is Cc1occc1C(O)COC(C)C. The van der Waals surface area contributed by atoms with Crippen LogP contribution in [0.3, 0.4) is 0 Å². The second kappa shape index (κ2) is 4.44. The first kappa shape index (κ1) is 10.3. The highest BCUT2D eigenvalue weighted by Crippen LogP contribution is 2.18. The number of aliphatic hydroxyl groups excluding tert-OH is 1. The molecule has 0 aliphatic carbocycles. The van der Waals surface area contributed by atoms with E-state index in [1.807, 2.05) is 20.8 Å². The van der Waals surface area contributed by atoms with Crippen molar-refractivity contribution in [3.05, 3.63) is 23.7 Å². The zero-order chi connectivity index (χ0) is 9.84. The molecule has 0 saturated carbocycles. The summed E-state index contributed by atoms with van der Waals surface area (Å²) < 4.78 is 10.4. The Morgan fingerprint density at radius 1 is 1.54 bits per heavy atom. The van der Waals surface area contributed by atoms with Crippen molar-refractivity contribution in [2.24, 2.45) is 0 Å². The smallest absolute Gasteiger partial charge is 0.106 e. The lowest BCUT2D eigenvalue weighted by molar-refractivity contribution is 0.00440. The molecule has 1 aromatic heterocycles. The minimum atomic E-state index is -0.582. The first-order valence-corrected chi connectivity index (χ1v) is 4.45. The first-order valence-electron chi connectivity index (χ1n) is 4.45. The van der Waals surface area contributed by atoms with E-state index in [-0.39, 0.29) is 6.10 Å². The van der Waals surface area contributed by atoms with Gasteiger partial charge in [0.2, 0.25) is 0 Å². The highest BCUT2D eigenvalue weighted by Gasteiger charge is 2.12. The highest BCUT2D eigenvalue weighted by molar-refractivity contribution is 5.18. The summed E-state index contributed by atoms with van der Waals surface area (Å²) in [6.07, 6.45) is 1.13. The van der Waals surface area contributed by atoms with E-state index in [4.69, 9.17) is 9.15 Å². The summed E-state index contributed by atoms with van der Waals surface area (Å²) in [6.45, 7) is 6.02. The van der Waals surface area contributed by atoms with Crippen molar-refractivity contribution in [2.75, 3.05) is 6.61 Å². The lowest BCUT2D eigenvalue weighted by Crippen LogP contribution is -2.11. The van der Waals surface area contributed by atoms with Crippen LogP contribution in [0, 0.1) is 6.92 Å². The quantitative estimate of drug-likeness (QED) is 0.778. The van der Waals surface area contributed by atoms with Crippen LogP contribution in [-0.2, 0) is 4.74 Å². The van der Waals surface area contributed by atoms with Gasteiger partial charge in [-0.15, -0.1) is 0 Å². The largest absolute Gasteiger partial charge is 0.469 e. The summed E-state index contributed by atoms with van der Waals surface area (Å²) in [5, 5.41) is 9.65. The van der Waals surface area contributed by atoms with Crippen LogP contribution in [0.4, 0.5) is 0 Å². The van der Waals surface area contributed by atoms with Crippen molar-refractivity contribution in [2.45, 2.75) is 33.0 Å². The van der Waals surface area contributed by atoms with E-state index in [1.54, 1.807) is 12.3 Å². The van der Waals surface area contributed by atoms with Crippen molar-refractivity contribution >= 4 is 0 Å². The predicted octanol–water partition coefficient (Wildman–Crippen LogP) is 2.05. The summed E-state index contributed by atoms with van der Waals surface area (Å²) in [6, 6.07) is 1.77. The van der Waals surface area contributed by atoms with Gasteiger partial charge in [-0.25, -0.2) is 0 Å². The topological polar surface area (TPSA) is 42.6 Å². The Balaban J connectivity index is 2.49. The molecule has 3 heteroatoms. The fourth-order valence-electron chi connectivity index (χ4n) is 1.11. The second-order valence-corrected chi connectivity index (χ2v) is 3.33. The molecule has 0 saturated heterocycles. The molecule has 3 nitrogen and oxygen atoms in total. The average Bonchev–Trinajstić information content (AvgIpc) is 2.47. The Kier molecular flexibility index (Phi) is 3.51. The number of aryl methyl sites for hydroxylation is 1. The average molecular weight is 184 g/mol. The van der Waals surface area contributed by atoms with Gasteiger partial charge in [0.05, 0.1) is 19.0 Å². The van der Waals surface area contributed by atoms with E-state index < -0.39 is 6.10 Å². The maximum Gasteiger partial charge on any atom is 0.106 e. The monoisotopic (exact) mass is 184 g/mol. The van der Waals surface area contributed by atoms with Gasteiger partial charge in [-0.3, -0.25) is 0 Å². The van der Waals surface area contributed by atoms with E-state index in [0.717, 1.165) is 11.3 Å². The van der Waals surface area contributed by atoms with E-state index in [9.17, 15) is 5.11 Å². The van der Waals surface area contributed by atoms with Gasteiger partial charge in [0.15, 0.2) is 0 Å². The summed E-state index contributed by atoms with van der Waals surface area (Å²) >= 11 is 0. The van der Waals surface area contributed by atoms with E-state index in [0.29, 0.717) is 6.61 Å². The lowest BCUT2D eigenvalue weighted by atomic mass is 10.1. The van der Waals surface area contributed by atoms with Gasteiger partial charge in [-0.05, 0) is 26.8 Å². The van der Waals surface area contributed by atoms with Gasteiger partial charge >= 0.3 is 0 Å². The van der Waals surface area contributed by atoms with Crippen LogP contribution >= 0.6 is 0 Å². The van der Waals surface area contributed by atoms with E-state index in [2.05, 4.69) is 0 Å². The van der Waals surface area contributed by atoms with Crippen LogP contribution in [0.2, 0.25) is 0 Å². The first-order chi connectivity index (χ1) is 6.11. The summed E-state index contributed by atoms with van der Waals surface area (Å²) in [4.78, 5) is 0.